The molecule has 32 heavy (non-hydrogen) atoms. The fourth-order valence-corrected chi connectivity index (χ4v) is 4.47. The van der Waals surface area contributed by atoms with Crippen LogP contribution in [0.15, 0.2) is 72.1 Å². The van der Waals surface area contributed by atoms with E-state index in [1.54, 1.807) is 7.11 Å². The van der Waals surface area contributed by atoms with Crippen LogP contribution < -0.4 is 20.9 Å². The van der Waals surface area contributed by atoms with E-state index in [-0.39, 0.29) is 24.2 Å². The number of nitrogens with one attached hydrogen (secondary N) is 3. The lowest BCUT2D eigenvalue weighted by atomic mass is 10.00. The van der Waals surface area contributed by atoms with E-state index in [0.717, 1.165) is 23.6 Å². The third-order valence-corrected chi connectivity index (χ3v) is 6.24. The van der Waals surface area contributed by atoms with E-state index < -0.39 is 0 Å². The van der Waals surface area contributed by atoms with Gasteiger partial charge in [-0.2, -0.15) is 5.10 Å². The first-order chi connectivity index (χ1) is 15.7. The molecule has 5 rings (SSSR count). The van der Waals surface area contributed by atoms with E-state index >= 15 is 0 Å². The molecule has 0 aliphatic carbocycles. The predicted octanol–water partition coefficient (Wildman–Crippen LogP) is 2.44. The molecule has 8 heteroatoms. The third-order valence-electron chi connectivity index (χ3n) is 6.24. The zero-order chi connectivity index (χ0) is 21.9. The normalized spacial score (nSPS) is 23.3. The number of methoxy groups -OCH3 is 1. The van der Waals surface area contributed by atoms with Crippen LogP contribution in [0.3, 0.4) is 0 Å². The van der Waals surface area contributed by atoms with Crippen molar-refractivity contribution in [1.29, 1.82) is 0 Å². The maximum atomic E-state index is 12.4. The first-order valence-electron chi connectivity index (χ1n) is 11.0. The summed E-state index contributed by atoms with van der Waals surface area (Å²) in [5.74, 6) is 1.72. The summed E-state index contributed by atoms with van der Waals surface area (Å²) in [6, 6.07) is 18.7. The molecule has 3 aliphatic heterocycles. The number of amidine groups is 1. The van der Waals surface area contributed by atoms with Crippen LogP contribution in [-0.4, -0.2) is 41.0 Å². The minimum absolute atomic E-state index is 0.0151. The predicted molar refractivity (Wildman–Crippen MR) is 122 cm³/mol. The Kier molecular flexibility index (Phi) is 5.68. The molecule has 3 heterocycles. The fraction of sp³-hybridized carbons (Fsp3) is 0.333. The highest BCUT2D eigenvalue weighted by atomic mass is 16.5. The zero-order valence-corrected chi connectivity index (χ0v) is 18.1. The van der Waals surface area contributed by atoms with Crippen LogP contribution in [-0.2, 0) is 11.3 Å². The van der Waals surface area contributed by atoms with Gasteiger partial charge in [0.2, 0.25) is 5.91 Å². The molecule has 1 saturated heterocycles. The van der Waals surface area contributed by atoms with Gasteiger partial charge in [0.1, 0.15) is 17.8 Å². The van der Waals surface area contributed by atoms with Gasteiger partial charge in [-0.25, -0.2) is 5.43 Å². The molecule has 3 aliphatic rings. The summed E-state index contributed by atoms with van der Waals surface area (Å²) in [6.07, 6.45) is 6.13. The average Bonchev–Trinajstić information content (AvgIpc) is 3.46. The highest BCUT2D eigenvalue weighted by Crippen LogP contribution is 2.34. The lowest BCUT2D eigenvalue weighted by Gasteiger charge is -2.37. The molecule has 0 bridgehead atoms. The van der Waals surface area contributed by atoms with Gasteiger partial charge in [0.05, 0.1) is 19.2 Å². The molecule has 2 aromatic carbocycles. The minimum atomic E-state index is 0.0151. The summed E-state index contributed by atoms with van der Waals surface area (Å²) in [4.78, 5) is 14.5. The number of hydrazine groups is 1. The molecule has 8 nitrogen and oxygen atoms in total. The second-order valence-corrected chi connectivity index (χ2v) is 8.23. The summed E-state index contributed by atoms with van der Waals surface area (Å²) >= 11 is 0. The Balaban J connectivity index is 1.12. The van der Waals surface area contributed by atoms with Crippen LogP contribution in [0.4, 0.5) is 0 Å². The number of fused-ring (bicyclic) bond motifs is 3. The summed E-state index contributed by atoms with van der Waals surface area (Å²) in [5, 5.41) is 9.70. The smallest absolute Gasteiger partial charge is 0.220 e. The van der Waals surface area contributed by atoms with Gasteiger partial charge in [-0.1, -0.05) is 42.5 Å². The first-order valence-corrected chi connectivity index (χ1v) is 11.0. The van der Waals surface area contributed by atoms with E-state index in [2.05, 4.69) is 61.6 Å². The molecule has 0 spiro atoms. The number of ether oxygens (including phenoxy) is 1. The van der Waals surface area contributed by atoms with Gasteiger partial charge in [0.25, 0.3) is 0 Å². The van der Waals surface area contributed by atoms with E-state index in [0.29, 0.717) is 19.4 Å². The molecule has 1 amide bonds. The summed E-state index contributed by atoms with van der Waals surface area (Å²) in [7, 11) is 1.64. The van der Waals surface area contributed by atoms with Crippen LogP contribution in [0.5, 0.6) is 5.75 Å². The maximum Gasteiger partial charge on any atom is 0.220 e. The van der Waals surface area contributed by atoms with Crippen LogP contribution in [0.1, 0.15) is 36.4 Å². The Labute approximate surface area is 187 Å². The molecule has 0 radical (unpaired) electrons. The van der Waals surface area contributed by atoms with Crippen molar-refractivity contribution in [2.45, 2.75) is 44.1 Å². The number of amides is 1. The molecule has 0 aromatic heterocycles. The third kappa shape index (κ3) is 4.13. The van der Waals surface area contributed by atoms with Crippen molar-refractivity contribution in [1.82, 2.24) is 26.1 Å². The van der Waals surface area contributed by atoms with Gasteiger partial charge in [-0.3, -0.25) is 10.2 Å². The van der Waals surface area contributed by atoms with Crippen LogP contribution >= 0.6 is 0 Å². The number of carbonyl (C=O) groups excluding carboxylic acids is 1. The standard InChI is InChI=1S/C24H28N6O2/c1-32-19-9-7-17(8-10-19)16-25-23(31)12-11-22-26-27-24-21-15-20(18-5-3-2-4-6-18)28-30(21)14-13-29(22)24/h2-10,13-14,20-21,24,27-28H,11-12,15-16H2,1H3,(H,25,31). The molecule has 1 fully saturated rings. The van der Waals surface area contributed by atoms with E-state index in [4.69, 9.17) is 4.74 Å². The number of benzene rings is 2. The summed E-state index contributed by atoms with van der Waals surface area (Å²) in [6.45, 7) is 0.503. The Hall–Kier alpha value is -3.52. The molecule has 3 N–H and O–H groups in total. The lowest BCUT2D eigenvalue weighted by Crippen LogP contribution is -2.54. The van der Waals surface area contributed by atoms with E-state index in [9.17, 15) is 4.79 Å². The lowest BCUT2D eigenvalue weighted by molar-refractivity contribution is -0.121. The second kappa shape index (κ2) is 8.92. The van der Waals surface area contributed by atoms with Crippen LogP contribution in [0.2, 0.25) is 0 Å². The van der Waals surface area contributed by atoms with Gasteiger partial charge in [0, 0.05) is 31.8 Å². The molecule has 3 unspecified atom stereocenters. The van der Waals surface area contributed by atoms with Gasteiger partial charge in [0.15, 0.2) is 0 Å². The second-order valence-electron chi connectivity index (χ2n) is 8.23. The summed E-state index contributed by atoms with van der Waals surface area (Å²) < 4.78 is 5.16. The first kappa shape index (κ1) is 20.4. The van der Waals surface area contributed by atoms with Gasteiger partial charge < -0.3 is 20.0 Å². The average molecular weight is 433 g/mol. The summed E-state index contributed by atoms with van der Waals surface area (Å²) in [5.41, 5.74) is 9.19. The number of hydrogen-bond donors (Lipinski definition) is 3. The largest absolute Gasteiger partial charge is 0.497 e. The SMILES string of the molecule is COc1ccc(CNC(=O)CCC2=NNC3C4CC(c5ccccc5)NN4C=CN23)cc1. The van der Waals surface area contributed by atoms with Crippen LogP contribution in [0, 0.1) is 0 Å². The number of nitrogens with zero attached hydrogens (tertiary/aromatic N) is 3. The van der Waals surface area contributed by atoms with Crippen molar-refractivity contribution < 1.29 is 9.53 Å². The highest BCUT2D eigenvalue weighted by Gasteiger charge is 2.43. The van der Waals surface area contributed by atoms with Gasteiger partial charge in [-0.15, -0.1) is 0 Å². The van der Waals surface area contributed by atoms with Crippen molar-refractivity contribution in [3.05, 3.63) is 78.1 Å². The number of carbonyl (C=O) groups is 1. The number of hydrazone groups is 1. The van der Waals surface area contributed by atoms with E-state index in [1.807, 2.05) is 36.5 Å². The molecule has 3 atom stereocenters. The molecular weight excluding hydrogens is 404 g/mol. The van der Waals surface area contributed by atoms with Crippen molar-refractivity contribution in [2.24, 2.45) is 5.10 Å². The number of rotatable bonds is 7. The molecule has 2 aromatic rings. The van der Waals surface area contributed by atoms with Crippen molar-refractivity contribution in [3.8, 4) is 5.75 Å². The van der Waals surface area contributed by atoms with Crippen LogP contribution in [0.25, 0.3) is 0 Å². The Morgan fingerprint density at radius 2 is 1.97 bits per heavy atom. The topological polar surface area (TPSA) is 81.2 Å². The molecular formula is C24H28N6O2. The fourth-order valence-electron chi connectivity index (χ4n) is 4.47. The molecule has 0 saturated carbocycles. The van der Waals surface area contributed by atoms with Crippen molar-refractivity contribution in [3.63, 3.8) is 0 Å². The van der Waals surface area contributed by atoms with Crippen molar-refractivity contribution in [2.75, 3.05) is 7.11 Å². The quantitative estimate of drug-likeness (QED) is 0.624. The monoisotopic (exact) mass is 432 g/mol. The maximum absolute atomic E-state index is 12.4. The Morgan fingerprint density at radius 3 is 2.75 bits per heavy atom. The zero-order valence-electron chi connectivity index (χ0n) is 18.1. The Morgan fingerprint density at radius 1 is 1.16 bits per heavy atom. The van der Waals surface area contributed by atoms with E-state index in [1.165, 1.54) is 5.56 Å². The molecule has 166 valence electrons. The Bertz CT molecular complexity index is 1010. The van der Waals surface area contributed by atoms with Gasteiger partial charge >= 0.3 is 0 Å². The number of hydrogen-bond acceptors (Lipinski definition) is 7. The highest BCUT2D eigenvalue weighted by molar-refractivity contribution is 5.89. The van der Waals surface area contributed by atoms with Gasteiger partial charge in [-0.05, 0) is 29.7 Å². The van der Waals surface area contributed by atoms with Crippen molar-refractivity contribution >= 4 is 11.7 Å². The minimum Gasteiger partial charge on any atom is -0.497 e.